The normalized spacial score (nSPS) is 26.8. The van der Waals surface area contributed by atoms with Gasteiger partial charge in [-0.15, -0.1) is 0 Å². The molecule has 1 aliphatic heterocycles. The minimum atomic E-state index is 0.181. The van der Waals surface area contributed by atoms with Crippen molar-refractivity contribution < 1.29 is 4.74 Å². The molecule has 21 heavy (non-hydrogen) atoms. The second kappa shape index (κ2) is 6.99. The summed E-state index contributed by atoms with van der Waals surface area (Å²) in [6.07, 6.45) is 2.26. The minimum Gasteiger partial charge on any atom is -0.496 e. The Bertz CT molecular complexity index is 480. The third-order valence-corrected chi connectivity index (χ3v) is 5.10. The molecule has 0 aliphatic carbocycles. The number of ether oxygens (including phenoxy) is 1. The van der Waals surface area contributed by atoms with Crippen LogP contribution in [0.15, 0.2) is 18.2 Å². The number of hydrogen-bond donors (Lipinski definition) is 1. The topological polar surface area (TPSA) is 24.5 Å². The summed E-state index contributed by atoms with van der Waals surface area (Å²) in [6.45, 7) is 9.71. The number of piperazine rings is 1. The molecule has 1 aliphatic rings. The van der Waals surface area contributed by atoms with E-state index in [0.29, 0.717) is 6.04 Å². The maximum atomic E-state index is 6.40. The van der Waals surface area contributed by atoms with Crippen molar-refractivity contribution in [1.82, 2.24) is 10.2 Å². The molecule has 3 nitrogen and oxygen atoms in total. The zero-order valence-electron chi connectivity index (χ0n) is 13.6. The van der Waals surface area contributed by atoms with E-state index in [0.717, 1.165) is 48.8 Å². The third-order valence-electron chi connectivity index (χ3n) is 4.74. The molecule has 0 amide bonds. The van der Waals surface area contributed by atoms with Crippen LogP contribution < -0.4 is 10.1 Å². The summed E-state index contributed by atoms with van der Waals surface area (Å²) in [4.78, 5) is 2.55. The third kappa shape index (κ3) is 3.71. The molecule has 1 N–H and O–H groups in total. The highest BCUT2D eigenvalue weighted by molar-refractivity contribution is 6.31. The van der Waals surface area contributed by atoms with E-state index in [9.17, 15) is 0 Å². The number of benzene rings is 1. The predicted molar refractivity (Wildman–Crippen MR) is 89.2 cm³/mol. The Balaban J connectivity index is 2.23. The number of halogens is 1. The molecular weight excluding hydrogens is 284 g/mol. The minimum absolute atomic E-state index is 0.181. The van der Waals surface area contributed by atoms with Crippen LogP contribution in [0.2, 0.25) is 5.02 Å². The first-order valence-electron chi connectivity index (χ1n) is 7.83. The molecule has 2 rings (SSSR count). The van der Waals surface area contributed by atoms with Gasteiger partial charge in [-0.3, -0.25) is 4.90 Å². The second-order valence-corrected chi connectivity index (χ2v) is 6.59. The Morgan fingerprint density at radius 3 is 2.81 bits per heavy atom. The number of nitrogens with one attached hydrogen (secondary N) is 1. The summed E-state index contributed by atoms with van der Waals surface area (Å²) in [5.41, 5.74) is 1.28. The quantitative estimate of drug-likeness (QED) is 0.897. The van der Waals surface area contributed by atoms with Crippen LogP contribution in [-0.4, -0.2) is 36.7 Å². The molecule has 4 heteroatoms. The van der Waals surface area contributed by atoms with Gasteiger partial charge in [0.15, 0.2) is 0 Å². The van der Waals surface area contributed by atoms with Crippen molar-refractivity contribution in [2.45, 2.75) is 51.7 Å². The lowest BCUT2D eigenvalue weighted by atomic mass is 9.92. The van der Waals surface area contributed by atoms with Crippen LogP contribution in [-0.2, 0) is 6.54 Å². The maximum absolute atomic E-state index is 6.40. The van der Waals surface area contributed by atoms with Crippen LogP contribution in [0.4, 0.5) is 0 Å². The highest BCUT2D eigenvalue weighted by Gasteiger charge is 2.34. The lowest BCUT2D eigenvalue weighted by Crippen LogP contribution is -2.62. The fourth-order valence-electron chi connectivity index (χ4n) is 3.04. The summed E-state index contributed by atoms with van der Waals surface area (Å²) >= 11 is 6.40. The van der Waals surface area contributed by atoms with Gasteiger partial charge in [-0.1, -0.05) is 31.5 Å². The van der Waals surface area contributed by atoms with Gasteiger partial charge in [0, 0.05) is 41.8 Å². The first kappa shape index (κ1) is 16.6. The van der Waals surface area contributed by atoms with Crippen molar-refractivity contribution in [1.29, 1.82) is 0 Å². The van der Waals surface area contributed by atoms with E-state index in [1.165, 1.54) is 0 Å². The summed E-state index contributed by atoms with van der Waals surface area (Å²) in [5.74, 6) is 0.883. The van der Waals surface area contributed by atoms with Crippen LogP contribution in [0.1, 0.15) is 39.2 Å². The van der Waals surface area contributed by atoms with E-state index in [-0.39, 0.29) is 5.54 Å². The van der Waals surface area contributed by atoms with Crippen molar-refractivity contribution in [2.75, 3.05) is 20.2 Å². The predicted octanol–water partition coefficient (Wildman–Crippen LogP) is 3.70. The van der Waals surface area contributed by atoms with Gasteiger partial charge in [0.25, 0.3) is 0 Å². The molecule has 0 bridgehead atoms. The standard InChI is InChI=1S/C17H27ClN2O/c1-5-13-10-19-17(3,6-2)12-20(13)11-14-15(18)8-7-9-16(14)21-4/h7-9,13,19H,5-6,10-12H2,1-4H3. The first-order valence-corrected chi connectivity index (χ1v) is 8.21. The fourth-order valence-corrected chi connectivity index (χ4v) is 3.26. The van der Waals surface area contributed by atoms with E-state index >= 15 is 0 Å². The summed E-state index contributed by atoms with van der Waals surface area (Å²) in [5, 5.41) is 4.49. The average molecular weight is 311 g/mol. The average Bonchev–Trinajstić information content (AvgIpc) is 2.49. The number of nitrogens with zero attached hydrogens (tertiary/aromatic N) is 1. The number of methoxy groups -OCH3 is 1. The van der Waals surface area contributed by atoms with Gasteiger partial charge in [-0.2, -0.15) is 0 Å². The zero-order valence-corrected chi connectivity index (χ0v) is 14.3. The number of rotatable bonds is 5. The van der Waals surface area contributed by atoms with Crippen molar-refractivity contribution in [3.8, 4) is 5.75 Å². The molecular formula is C17H27ClN2O. The molecule has 118 valence electrons. The summed E-state index contributed by atoms with van der Waals surface area (Å²) in [6, 6.07) is 6.42. The lowest BCUT2D eigenvalue weighted by molar-refractivity contribution is 0.0748. The molecule has 0 saturated carbocycles. The molecule has 0 spiro atoms. The van der Waals surface area contributed by atoms with E-state index in [4.69, 9.17) is 16.3 Å². The Hall–Kier alpha value is -0.770. The highest BCUT2D eigenvalue weighted by atomic mass is 35.5. The lowest BCUT2D eigenvalue weighted by Gasteiger charge is -2.46. The molecule has 0 aromatic heterocycles. The van der Waals surface area contributed by atoms with E-state index < -0.39 is 0 Å². The first-order chi connectivity index (χ1) is 10.0. The Labute approximate surface area is 133 Å². The van der Waals surface area contributed by atoms with Gasteiger partial charge in [0.2, 0.25) is 0 Å². The van der Waals surface area contributed by atoms with Crippen LogP contribution in [0.5, 0.6) is 5.75 Å². The van der Waals surface area contributed by atoms with E-state index in [1.54, 1.807) is 7.11 Å². The summed E-state index contributed by atoms with van der Waals surface area (Å²) < 4.78 is 5.49. The van der Waals surface area contributed by atoms with Gasteiger partial charge in [0.05, 0.1) is 7.11 Å². The van der Waals surface area contributed by atoms with Crippen LogP contribution in [0.3, 0.4) is 0 Å². The van der Waals surface area contributed by atoms with Gasteiger partial charge in [-0.25, -0.2) is 0 Å². The second-order valence-electron chi connectivity index (χ2n) is 6.18. The van der Waals surface area contributed by atoms with Gasteiger partial charge in [-0.05, 0) is 31.9 Å². The SMILES string of the molecule is CCC1CNC(C)(CC)CN1Cc1c(Cl)cccc1OC. The van der Waals surface area contributed by atoms with Crippen molar-refractivity contribution in [3.05, 3.63) is 28.8 Å². The van der Waals surface area contributed by atoms with Gasteiger partial charge in [0.1, 0.15) is 5.75 Å². The molecule has 0 radical (unpaired) electrons. The van der Waals surface area contributed by atoms with Crippen molar-refractivity contribution >= 4 is 11.6 Å². The monoisotopic (exact) mass is 310 g/mol. The molecule has 1 fully saturated rings. The largest absolute Gasteiger partial charge is 0.496 e. The van der Waals surface area contributed by atoms with Crippen molar-refractivity contribution in [3.63, 3.8) is 0 Å². The Morgan fingerprint density at radius 2 is 2.19 bits per heavy atom. The maximum Gasteiger partial charge on any atom is 0.124 e. The Kier molecular flexibility index (Phi) is 5.53. The van der Waals surface area contributed by atoms with E-state index in [2.05, 4.69) is 31.0 Å². The van der Waals surface area contributed by atoms with Gasteiger partial charge >= 0.3 is 0 Å². The molecule has 1 heterocycles. The Morgan fingerprint density at radius 1 is 1.43 bits per heavy atom. The van der Waals surface area contributed by atoms with Crippen LogP contribution in [0, 0.1) is 0 Å². The molecule has 1 aromatic carbocycles. The van der Waals surface area contributed by atoms with Gasteiger partial charge < -0.3 is 10.1 Å². The molecule has 2 atom stereocenters. The molecule has 1 aromatic rings. The zero-order chi connectivity index (χ0) is 15.5. The van der Waals surface area contributed by atoms with Crippen molar-refractivity contribution in [2.24, 2.45) is 0 Å². The smallest absolute Gasteiger partial charge is 0.124 e. The molecule has 2 unspecified atom stereocenters. The molecule has 1 saturated heterocycles. The van der Waals surface area contributed by atoms with E-state index in [1.807, 2.05) is 18.2 Å². The number of hydrogen-bond acceptors (Lipinski definition) is 3. The fraction of sp³-hybridized carbons (Fsp3) is 0.647. The highest BCUT2D eigenvalue weighted by Crippen LogP contribution is 2.30. The van der Waals surface area contributed by atoms with Crippen LogP contribution in [0.25, 0.3) is 0 Å². The summed E-state index contributed by atoms with van der Waals surface area (Å²) in [7, 11) is 1.71. The van der Waals surface area contributed by atoms with Crippen LogP contribution >= 0.6 is 11.6 Å².